The summed E-state index contributed by atoms with van der Waals surface area (Å²) in [7, 11) is 0. The molecule has 0 bridgehead atoms. The van der Waals surface area contributed by atoms with Gasteiger partial charge in [0.1, 0.15) is 19.2 Å². The quantitative estimate of drug-likeness (QED) is 0.813. The van der Waals surface area contributed by atoms with Gasteiger partial charge in [0.15, 0.2) is 5.76 Å². The monoisotopic (exact) mass is 250 g/mol. The number of ether oxygens (including phenoxy) is 1. The molecular formula is C15H24NO2+. The van der Waals surface area contributed by atoms with Crippen LogP contribution in [0.5, 0.6) is 0 Å². The average Bonchev–Trinajstić information content (AvgIpc) is 2.82. The van der Waals surface area contributed by atoms with Crippen LogP contribution in [0.15, 0.2) is 35.0 Å². The lowest BCUT2D eigenvalue weighted by atomic mass is 9.87. The standard InChI is InChI=1S/C15H23NO2/c1-11(2)14-7-6-12(3)18-15(14)10-16-9-13-5-4-8-17-13/h4-5,8,12,14-16H,1,6-7,9-10H2,2-3H3/p+1/t12-,14+,15-/m0/s1. The first-order valence-corrected chi connectivity index (χ1v) is 6.81. The van der Waals surface area contributed by atoms with E-state index in [0.717, 1.165) is 25.3 Å². The van der Waals surface area contributed by atoms with Crippen LogP contribution in [-0.4, -0.2) is 18.8 Å². The predicted molar refractivity (Wildman–Crippen MR) is 71.1 cm³/mol. The highest BCUT2D eigenvalue weighted by Crippen LogP contribution is 2.28. The second-order valence-electron chi connectivity index (χ2n) is 5.32. The normalized spacial score (nSPS) is 28.2. The third-order valence-corrected chi connectivity index (χ3v) is 3.70. The van der Waals surface area contributed by atoms with Gasteiger partial charge in [0.2, 0.25) is 0 Å². The molecule has 1 fully saturated rings. The Bertz CT molecular complexity index is 372. The third-order valence-electron chi connectivity index (χ3n) is 3.70. The first kappa shape index (κ1) is 13.4. The van der Waals surface area contributed by atoms with E-state index in [1.54, 1.807) is 6.26 Å². The fraction of sp³-hybridized carbons (Fsp3) is 0.600. The smallest absolute Gasteiger partial charge is 0.157 e. The lowest BCUT2D eigenvalue weighted by Gasteiger charge is -2.34. The summed E-state index contributed by atoms with van der Waals surface area (Å²) in [5.74, 6) is 1.53. The number of rotatable bonds is 5. The van der Waals surface area contributed by atoms with Crippen LogP contribution in [0.1, 0.15) is 32.4 Å². The fourth-order valence-corrected chi connectivity index (χ4v) is 2.66. The van der Waals surface area contributed by atoms with E-state index in [1.165, 1.54) is 12.0 Å². The Labute approximate surface area is 109 Å². The van der Waals surface area contributed by atoms with Gasteiger partial charge in [-0.15, -0.1) is 0 Å². The van der Waals surface area contributed by atoms with Gasteiger partial charge in [-0.05, 0) is 38.8 Å². The molecule has 0 radical (unpaired) electrons. The molecule has 18 heavy (non-hydrogen) atoms. The molecule has 0 aromatic carbocycles. The largest absolute Gasteiger partial charge is 0.463 e. The minimum absolute atomic E-state index is 0.293. The highest BCUT2D eigenvalue weighted by molar-refractivity contribution is 5.01. The molecule has 0 saturated carbocycles. The molecule has 100 valence electrons. The molecule has 0 spiro atoms. The van der Waals surface area contributed by atoms with Crippen molar-refractivity contribution in [3.05, 3.63) is 36.3 Å². The second kappa shape index (κ2) is 6.21. The molecule has 2 heterocycles. The Kier molecular flexibility index (Phi) is 4.61. The number of furan rings is 1. The van der Waals surface area contributed by atoms with E-state index in [2.05, 4.69) is 25.7 Å². The number of hydrogen-bond donors (Lipinski definition) is 1. The molecule has 3 heteroatoms. The van der Waals surface area contributed by atoms with Crippen molar-refractivity contribution in [1.29, 1.82) is 0 Å². The third kappa shape index (κ3) is 3.47. The Balaban J connectivity index is 1.82. The minimum Gasteiger partial charge on any atom is -0.463 e. The molecule has 3 atom stereocenters. The summed E-state index contributed by atoms with van der Waals surface area (Å²) >= 11 is 0. The fourth-order valence-electron chi connectivity index (χ4n) is 2.66. The molecular weight excluding hydrogens is 226 g/mol. The van der Waals surface area contributed by atoms with Crippen LogP contribution >= 0.6 is 0 Å². The van der Waals surface area contributed by atoms with Crippen molar-refractivity contribution < 1.29 is 14.5 Å². The van der Waals surface area contributed by atoms with Gasteiger partial charge in [0, 0.05) is 5.92 Å². The minimum atomic E-state index is 0.293. The van der Waals surface area contributed by atoms with Gasteiger partial charge >= 0.3 is 0 Å². The van der Waals surface area contributed by atoms with Crippen molar-refractivity contribution in [2.45, 2.75) is 45.4 Å². The first-order valence-electron chi connectivity index (χ1n) is 6.81. The maximum Gasteiger partial charge on any atom is 0.157 e. The molecule has 1 aromatic rings. The maximum atomic E-state index is 6.06. The Morgan fingerprint density at radius 2 is 2.33 bits per heavy atom. The van der Waals surface area contributed by atoms with E-state index < -0.39 is 0 Å². The van der Waals surface area contributed by atoms with E-state index in [1.807, 2.05) is 12.1 Å². The Morgan fingerprint density at radius 1 is 1.50 bits per heavy atom. The molecule has 2 rings (SSSR count). The molecule has 0 unspecified atom stereocenters. The Morgan fingerprint density at radius 3 is 3.00 bits per heavy atom. The summed E-state index contributed by atoms with van der Waals surface area (Å²) in [5.41, 5.74) is 1.25. The van der Waals surface area contributed by atoms with Crippen LogP contribution in [0.4, 0.5) is 0 Å². The molecule has 1 aliphatic rings. The van der Waals surface area contributed by atoms with Gasteiger partial charge in [0.25, 0.3) is 0 Å². The van der Waals surface area contributed by atoms with Crippen LogP contribution in [0.25, 0.3) is 0 Å². The summed E-state index contributed by atoms with van der Waals surface area (Å²) in [6.07, 6.45) is 4.74. The van der Waals surface area contributed by atoms with Crippen molar-refractivity contribution >= 4 is 0 Å². The van der Waals surface area contributed by atoms with Gasteiger partial charge in [-0.1, -0.05) is 12.2 Å². The van der Waals surface area contributed by atoms with Gasteiger partial charge in [-0.3, -0.25) is 0 Å². The van der Waals surface area contributed by atoms with E-state index in [-0.39, 0.29) is 0 Å². The summed E-state index contributed by atoms with van der Waals surface area (Å²) in [6.45, 7) is 10.2. The number of quaternary nitrogens is 1. The summed E-state index contributed by atoms with van der Waals surface area (Å²) in [5, 5.41) is 2.26. The maximum absolute atomic E-state index is 6.06. The Hall–Kier alpha value is -1.06. The van der Waals surface area contributed by atoms with Crippen LogP contribution in [-0.2, 0) is 11.3 Å². The van der Waals surface area contributed by atoms with Gasteiger partial charge < -0.3 is 14.5 Å². The highest BCUT2D eigenvalue weighted by atomic mass is 16.5. The second-order valence-corrected chi connectivity index (χ2v) is 5.32. The topological polar surface area (TPSA) is 39.0 Å². The highest BCUT2D eigenvalue weighted by Gasteiger charge is 2.30. The van der Waals surface area contributed by atoms with Crippen LogP contribution in [0, 0.1) is 5.92 Å². The van der Waals surface area contributed by atoms with Gasteiger partial charge in [0.05, 0.1) is 12.4 Å². The SMILES string of the molecule is C=C(C)[C@H]1CC[C@H](C)O[C@H]1C[NH2+]Cc1ccco1. The molecule has 2 N–H and O–H groups in total. The van der Waals surface area contributed by atoms with Crippen LogP contribution in [0.3, 0.4) is 0 Å². The van der Waals surface area contributed by atoms with E-state index in [4.69, 9.17) is 9.15 Å². The van der Waals surface area contributed by atoms with Gasteiger partial charge in [-0.2, -0.15) is 0 Å². The zero-order valence-electron chi connectivity index (χ0n) is 11.4. The summed E-state index contributed by atoms with van der Waals surface area (Å²) in [4.78, 5) is 0. The molecule has 1 saturated heterocycles. The van der Waals surface area contributed by atoms with E-state index >= 15 is 0 Å². The van der Waals surface area contributed by atoms with Crippen molar-refractivity contribution in [3.8, 4) is 0 Å². The number of nitrogens with two attached hydrogens (primary N) is 1. The zero-order valence-corrected chi connectivity index (χ0v) is 11.4. The van der Waals surface area contributed by atoms with E-state index in [0.29, 0.717) is 18.1 Å². The van der Waals surface area contributed by atoms with Crippen molar-refractivity contribution in [3.63, 3.8) is 0 Å². The average molecular weight is 250 g/mol. The molecule has 1 aliphatic heterocycles. The first-order chi connectivity index (χ1) is 8.66. The van der Waals surface area contributed by atoms with Crippen LogP contribution < -0.4 is 5.32 Å². The molecule has 1 aromatic heterocycles. The van der Waals surface area contributed by atoms with Crippen molar-refractivity contribution in [2.75, 3.05) is 6.54 Å². The van der Waals surface area contributed by atoms with Gasteiger partial charge in [-0.25, -0.2) is 0 Å². The lowest BCUT2D eigenvalue weighted by molar-refractivity contribution is -0.680. The lowest BCUT2D eigenvalue weighted by Crippen LogP contribution is -2.85. The predicted octanol–water partition coefficient (Wildman–Crippen LogP) is 2.10. The molecule has 0 aliphatic carbocycles. The summed E-state index contributed by atoms with van der Waals surface area (Å²) < 4.78 is 11.4. The zero-order chi connectivity index (χ0) is 13.0. The molecule has 0 amide bonds. The van der Waals surface area contributed by atoms with Crippen molar-refractivity contribution in [2.24, 2.45) is 5.92 Å². The van der Waals surface area contributed by atoms with Crippen LogP contribution in [0.2, 0.25) is 0 Å². The summed E-state index contributed by atoms with van der Waals surface area (Å²) in [6, 6.07) is 3.94. The molecule has 3 nitrogen and oxygen atoms in total. The van der Waals surface area contributed by atoms with E-state index in [9.17, 15) is 0 Å². The van der Waals surface area contributed by atoms with Crippen molar-refractivity contribution in [1.82, 2.24) is 0 Å². The number of hydrogen-bond acceptors (Lipinski definition) is 2.